The van der Waals surface area contributed by atoms with Crippen molar-refractivity contribution >= 4 is 28.4 Å². The molecule has 0 saturated heterocycles. The Balaban J connectivity index is 2.26. The van der Waals surface area contributed by atoms with Crippen LogP contribution < -0.4 is 11.2 Å². The van der Waals surface area contributed by atoms with E-state index in [1.54, 1.807) is 54.4 Å². The third-order valence-corrected chi connectivity index (χ3v) is 5.15. The summed E-state index contributed by atoms with van der Waals surface area (Å²) in [4.78, 5) is 40.4. The fourth-order valence-electron chi connectivity index (χ4n) is 3.14. The molecule has 0 aliphatic rings. The molecule has 1 heterocycles. The van der Waals surface area contributed by atoms with Crippen LogP contribution in [0, 0.1) is 6.92 Å². The predicted octanol–water partition coefficient (Wildman–Crippen LogP) is 2.98. The van der Waals surface area contributed by atoms with Gasteiger partial charge in [0.2, 0.25) is 5.91 Å². The fourth-order valence-corrected chi connectivity index (χ4v) is 3.31. The summed E-state index contributed by atoms with van der Waals surface area (Å²) >= 11 is 6.20. The number of amides is 1. The zero-order valence-electron chi connectivity index (χ0n) is 16.1. The van der Waals surface area contributed by atoms with Gasteiger partial charge in [-0.25, -0.2) is 9.36 Å². The average Bonchev–Trinajstić information content (AvgIpc) is 2.68. The van der Waals surface area contributed by atoms with Crippen LogP contribution in [0.3, 0.4) is 0 Å². The van der Waals surface area contributed by atoms with Gasteiger partial charge < -0.3 is 4.90 Å². The second-order valence-corrected chi connectivity index (χ2v) is 7.18. The Labute approximate surface area is 167 Å². The van der Waals surface area contributed by atoms with E-state index in [-0.39, 0.29) is 12.5 Å². The summed E-state index contributed by atoms with van der Waals surface area (Å²) in [5.41, 5.74) is 0.647. The van der Waals surface area contributed by atoms with Gasteiger partial charge in [-0.3, -0.25) is 14.2 Å². The molecule has 7 heteroatoms. The molecule has 0 atom stereocenters. The first-order valence-corrected chi connectivity index (χ1v) is 9.48. The van der Waals surface area contributed by atoms with Crippen molar-refractivity contribution in [2.24, 2.45) is 0 Å². The predicted molar refractivity (Wildman–Crippen MR) is 111 cm³/mol. The summed E-state index contributed by atoms with van der Waals surface area (Å²) < 4.78 is 2.42. The number of aryl methyl sites for hydroxylation is 1. The number of likely N-dealkylation sites (N-methyl/N-ethyl adjacent to an activating group) is 1. The SMILES string of the molecule is CCCN(C)C(=O)Cn1c(=O)n(-c2ccc(C)c(Cl)c2)c(=O)c2ccccc21. The molecule has 0 fully saturated rings. The zero-order valence-corrected chi connectivity index (χ0v) is 16.9. The number of carbonyl (C=O) groups excluding carboxylic acids is 1. The van der Waals surface area contributed by atoms with Crippen molar-refractivity contribution in [3.05, 3.63) is 73.9 Å². The van der Waals surface area contributed by atoms with E-state index in [1.807, 2.05) is 13.8 Å². The van der Waals surface area contributed by atoms with Crippen LogP contribution in [-0.4, -0.2) is 33.5 Å². The maximum absolute atomic E-state index is 13.2. The first-order valence-electron chi connectivity index (χ1n) is 9.10. The van der Waals surface area contributed by atoms with Crippen molar-refractivity contribution < 1.29 is 4.79 Å². The smallest absolute Gasteiger partial charge is 0.336 e. The number of carbonyl (C=O) groups is 1. The molecule has 2 aromatic carbocycles. The number of aromatic nitrogens is 2. The third kappa shape index (κ3) is 3.60. The number of hydrogen-bond donors (Lipinski definition) is 0. The highest BCUT2D eigenvalue weighted by Crippen LogP contribution is 2.18. The molecule has 28 heavy (non-hydrogen) atoms. The lowest BCUT2D eigenvalue weighted by Gasteiger charge is -2.19. The molecule has 3 aromatic rings. The number of halogens is 1. The molecule has 146 valence electrons. The molecule has 1 amide bonds. The van der Waals surface area contributed by atoms with Crippen LogP contribution in [0.15, 0.2) is 52.1 Å². The number of benzene rings is 2. The van der Waals surface area contributed by atoms with E-state index in [0.717, 1.165) is 16.6 Å². The Kier molecular flexibility index (Phi) is 5.70. The lowest BCUT2D eigenvalue weighted by atomic mass is 10.2. The molecular formula is C21H22ClN3O3. The number of nitrogens with zero attached hydrogens (tertiary/aromatic N) is 3. The van der Waals surface area contributed by atoms with Crippen molar-refractivity contribution in [1.82, 2.24) is 14.0 Å². The van der Waals surface area contributed by atoms with E-state index in [2.05, 4.69) is 0 Å². The van der Waals surface area contributed by atoms with Crippen LogP contribution in [0.5, 0.6) is 0 Å². The Hall–Kier alpha value is -2.86. The molecule has 0 radical (unpaired) electrons. The second kappa shape index (κ2) is 8.02. The van der Waals surface area contributed by atoms with Gasteiger partial charge >= 0.3 is 5.69 Å². The van der Waals surface area contributed by atoms with Crippen molar-refractivity contribution in [2.45, 2.75) is 26.8 Å². The van der Waals surface area contributed by atoms with Gasteiger partial charge in [-0.15, -0.1) is 0 Å². The van der Waals surface area contributed by atoms with Crippen LogP contribution >= 0.6 is 11.6 Å². The topological polar surface area (TPSA) is 64.3 Å². The first-order chi connectivity index (χ1) is 13.3. The Morgan fingerprint density at radius 1 is 1.14 bits per heavy atom. The summed E-state index contributed by atoms with van der Waals surface area (Å²) in [5, 5.41) is 0.826. The van der Waals surface area contributed by atoms with E-state index < -0.39 is 11.2 Å². The number of hydrogen-bond acceptors (Lipinski definition) is 3. The van der Waals surface area contributed by atoms with Crippen LogP contribution in [-0.2, 0) is 11.3 Å². The van der Waals surface area contributed by atoms with Gasteiger partial charge in [0.1, 0.15) is 6.54 Å². The van der Waals surface area contributed by atoms with Gasteiger partial charge in [0, 0.05) is 18.6 Å². The van der Waals surface area contributed by atoms with Crippen LogP contribution in [0.2, 0.25) is 5.02 Å². The minimum atomic E-state index is -0.568. The summed E-state index contributed by atoms with van der Waals surface area (Å²) in [5.74, 6) is -0.193. The Morgan fingerprint density at radius 3 is 2.54 bits per heavy atom. The average molecular weight is 400 g/mol. The molecule has 0 aliphatic carbocycles. The Bertz CT molecular complexity index is 1160. The standard InChI is InChI=1S/C21H22ClN3O3/c1-4-11-23(3)19(26)13-24-18-8-6-5-7-16(18)20(27)25(21(24)28)15-10-9-14(2)17(22)12-15/h5-10,12H,4,11,13H2,1-3H3. The van der Waals surface area contributed by atoms with Crippen molar-refractivity contribution in [3.63, 3.8) is 0 Å². The number of fused-ring (bicyclic) bond motifs is 1. The monoisotopic (exact) mass is 399 g/mol. The van der Waals surface area contributed by atoms with Gasteiger partial charge in [0.05, 0.1) is 16.6 Å². The van der Waals surface area contributed by atoms with Gasteiger partial charge in [0.15, 0.2) is 0 Å². The van der Waals surface area contributed by atoms with Crippen molar-refractivity contribution in [1.29, 1.82) is 0 Å². The summed E-state index contributed by atoms with van der Waals surface area (Å²) in [6, 6.07) is 11.8. The van der Waals surface area contributed by atoms with Crippen molar-refractivity contribution in [2.75, 3.05) is 13.6 Å². The minimum absolute atomic E-state index is 0.143. The molecule has 0 bridgehead atoms. The zero-order chi connectivity index (χ0) is 20.4. The highest BCUT2D eigenvalue weighted by Gasteiger charge is 2.18. The normalized spacial score (nSPS) is 11.0. The molecule has 1 aromatic heterocycles. The molecule has 0 spiro atoms. The Morgan fingerprint density at radius 2 is 1.86 bits per heavy atom. The third-order valence-electron chi connectivity index (χ3n) is 4.74. The largest absolute Gasteiger partial charge is 0.344 e. The maximum atomic E-state index is 13.2. The quantitative estimate of drug-likeness (QED) is 0.662. The molecule has 0 unspecified atom stereocenters. The van der Waals surface area contributed by atoms with Gasteiger partial charge in [0.25, 0.3) is 5.56 Å². The number of rotatable bonds is 5. The molecular weight excluding hydrogens is 378 g/mol. The minimum Gasteiger partial charge on any atom is -0.344 e. The van der Waals surface area contributed by atoms with Crippen LogP contribution in [0.1, 0.15) is 18.9 Å². The van der Waals surface area contributed by atoms with E-state index in [0.29, 0.717) is 28.2 Å². The highest BCUT2D eigenvalue weighted by molar-refractivity contribution is 6.31. The van der Waals surface area contributed by atoms with Crippen molar-refractivity contribution in [3.8, 4) is 5.69 Å². The summed E-state index contributed by atoms with van der Waals surface area (Å²) in [6.45, 7) is 4.27. The second-order valence-electron chi connectivity index (χ2n) is 6.78. The first kappa shape index (κ1) is 19.9. The fraction of sp³-hybridized carbons (Fsp3) is 0.286. The van der Waals surface area contributed by atoms with E-state index >= 15 is 0 Å². The summed E-state index contributed by atoms with van der Waals surface area (Å²) in [6.07, 6.45) is 0.819. The molecule has 0 aliphatic heterocycles. The van der Waals surface area contributed by atoms with Crippen LogP contribution in [0.4, 0.5) is 0 Å². The molecule has 0 saturated carbocycles. The molecule has 0 N–H and O–H groups in total. The lowest BCUT2D eigenvalue weighted by Crippen LogP contribution is -2.42. The van der Waals surface area contributed by atoms with E-state index in [1.165, 1.54) is 4.57 Å². The van der Waals surface area contributed by atoms with Gasteiger partial charge in [-0.2, -0.15) is 0 Å². The number of para-hydroxylation sites is 1. The lowest BCUT2D eigenvalue weighted by molar-refractivity contribution is -0.130. The van der Waals surface area contributed by atoms with E-state index in [9.17, 15) is 14.4 Å². The molecule has 6 nitrogen and oxygen atoms in total. The molecule has 3 rings (SSSR count). The summed E-state index contributed by atoms with van der Waals surface area (Å²) in [7, 11) is 1.70. The van der Waals surface area contributed by atoms with Crippen LogP contribution in [0.25, 0.3) is 16.6 Å². The highest BCUT2D eigenvalue weighted by atomic mass is 35.5. The van der Waals surface area contributed by atoms with E-state index in [4.69, 9.17) is 11.6 Å². The van der Waals surface area contributed by atoms with Gasteiger partial charge in [-0.1, -0.05) is 36.7 Å². The maximum Gasteiger partial charge on any atom is 0.336 e. The van der Waals surface area contributed by atoms with Gasteiger partial charge in [-0.05, 0) is 43.2 Å².